The Morgan fingerprint density at radius 2 is 0.402 bits per heavy atom. The number of pyridine rings is 1. The van der Waals surface area contributed by atoms with E-state index >= 15 is 0 Å². The van der Waals surface area contributed by atoms with Gasteiger partial charge >= 0.3 is 0 Å². The summed E-state index contributed by atoms with van der Waals surface area (Å²) in [7, 11) is 0. The molecule has 0 saturated heterocycles. The molecule has 0 N–H and O–H groups in total. The van der Waals surface area contributed by atoms with Crippen LogP contribution in [-0.4, -0.2) is 73.9 Å². The molecular formula is C96H58N16. The standard InChI is InChI=1S/C96H58N16/c97-58-78-83(111-79-52-68(93-103-85(60-26-9-1-10-27-60)99-86(104-93)61-28-11-2-12-29-61)43-47-74(79)75-48-44-69(53-80(75)111)94-105-87(62-30-13-3-14-31-62)100-88(106-94)63-32-15-4-16-33-63)56-73(72-42-25-51-98-59-72)57-84(78)112-81-54-70(95-107-89(64-34-17-5-18-35-64)101-90(108-95)65-36-19-6-20-37-65)45-49-76(81)77-50-46-71(55-82(77)112)96-109-91(66-38-21-7-22-39-66)102-92(110-96)67-40-23-8-24-41-67/h1-57,59H. The molecule has 0 fully saturated rings. The minimum atomic E-state index is 0.336. The molecule has 16 nitrogen and oxygen atoms in total. The van der Waals surface area contributed by atoms with Crippen molar-refractivity contribution >= 4 is 43.6 Å². The summed E-state index contributed by atoms with van der Waals surface area (Å²) in [5, 5.41) is 16.4. The van der Waals surface area contributed by atoms with E-state index in [2.05, 4.69) is 100 Å². The molecule has 20 aromatic rings. The van der Waals surface area contributed by atoms with Gasteiger partial charge in [0.2, 0.25) is 0 Å². The van der Waals surface area contributed by atoms with Gasteiger partial charge < -0.3 is 9.13 Å². The third-order valence-corrected chi connectivity index (χ3v) is 20.1. The van der Waals surface area contributed by atoms with Gasteiger partial charge in [-0.25, -0.2) is 59.8 Å². The fourth-order valence-corrected chi connectivity index (χ4v) is 14.6. The largest absolute Gasteiger partial charge is 0.308 e. The maximum absolute atomic E-state index is 12.8. The van der Waals surface area contributed by atoms with Gasteiger partial charge in [0.1, 0.15) is 11.6 Å². The first kappa shape index (κ1) is 65.6. The van der Waals surface area contributed by atoms with Crippen molar-refractivity contribution in [2.75, 3.05) is 0 Å². The van der Waals surface area contributed by atoms with Gasteiger partial charge in [0.05, 0.1) is 33.4 Å². The highest BCUT2D eigenvalue weighted by atomic mass is 15.1. The molecule has 0 spiro atoms. The molecule has 13 aromatic carbocycles. The Balaban J connectivity index is 0.887. The number of nitriles is 1. The second-order valence-corrected chi connectivity index (χ2v) is 27.0. The quantitative estimate of drug-likeness (QED) is 0.0938. The van der Waals surface area contributed by atoms with Crippen LogP contribution in [0.5, 0.6) is 0 Å². The van der Waals surface area contributed by atoms with Gasteiger partial charge in [0.15, 0.2) is 69.9 Å². The summed E-state index contributed by atoms with van der Waals surface area (Å²) in [6.45, 7) is 0. The van der Waals surface area contributed by atoms with Crippen molar-refractivity contribution in [2.45, 2.75) is 0 Å². The highest BCUT2D eigenvalue weighted by Crippen LogP contribution is 2.44. The number of nitrogens with zero attached hydrogens (tertiary/aromatic N) is 16. The summed E-state index contributed by atoms with van der Waals surface area (Å²) < 4.78 is 4.39. The van der Waals surface area contributed by atoms with Crippen LogP contribution in [0.4, 0.5) is 0 Å². The fourth-order valence-electron chi connectivity index (χ4n) is 14.6. The molecule has 7 heterocycles. The lowest BCUT2D eigenvalue weighted by Crippen LogP contribution is -2.06. The van der Waals surface area contributed by atoms with E-state index in [9.17, 15) is 5.26 Å². The van der Waals surface area contributed by atoms with Crippen molar-refractivity contribution in [1.82, 2.24) is 73.9 Å². The molecule has 7 aromatic heterocycles. The number of hydrogen-bond donors (Lipinski definition) is 0. The van der Waals surface area contributed by atoms with Crippen molar-refractivity contribution in [3.8, 4) is 165 Å². The van der Waals surface area contributed by atoms with Gasteiger partial charge in [-0.15, -0.1) is 0 Å². The summed E-state index contributed by atoms with van der Waals surface area (Å²) >= 11 is 0. The summed E-state index contributed by atoms with van der Waals surface area (Å²) in [5.74, 6) is 5.95. The molecule has 16 heteroatoms. The highest BCUT2D eigenvalue weighted by molar-refractivity contribution is 6.13. The van der Waals surface area contributed by atoms with Crippen LogP contribution in [0.3, 0.4) is 0 Å². The number of fused-ring (bicyclic) bond motifs is 6. The zero-order chi connectivity index (χ0) is 74.4. The van der Waals surface area contributed by atoms with Crippen molar-refractivity contribution < 1.29 is 0 Å². The molecular weight excluding hydrogens is 1380 g/mol. The van der Waals surface area contributed by atoms with E-state index in [1.54, 1.807) is 6.20 Å². The topological polar surface area (TPSA) is 201 Å². The predicted molar refractivity (Wildman–Crippen MR) is 442 cm³/mol. The average Bonchev–Trinajstić information content (AvgIpc) is 1.56. The Morgan fingerprint density at radius 3 is 0.598 bits per heavy atom. The molecule has 0 unspecified atom stereocenters. The van der Waals surface area contributed by atoms with Crippen LogP contribution < -0.4 is 0 Å². The summed E-state index contributed by atoms with van der Waals surface area (Å²) in [5.41, 5.74) is 15.6. The second-order valence-electron chi connectivity index (χ2n) is 27.0. The van der Waals surface area contributed by atoms with E-state index < -0.39 is 0 Å². The number of aromatic nitrogens is 15. The molecule has 0 aliphatic rings. The van der Waals surface area contributed by atoms with E-state index in [1.807, 2.05) is 261 Å². The third-order valence-electron chi connectivity index (χ3n) is 20.1. The van der Waals surface area contributed by atoms with Crippen LogP contribution >= 0.6 is 0 Å². The predicted octanol–water partition coefficient (Wildman–Crippen LogP) is 21.6. The Morgan fingerprint density at radius 1 is 0.196 bits per heavy atom. The van der Waals surface area contributed by atoms with Crippen molar-refractivity contribution in [3.05, 3.63) is 358 Å². The van der Waals surface area contributed by atoms with E-state index in [4.69, 9.17) is 64.8 Å². The average molecular weight is 1440 g/mol. The third kappa shape index (κ3) is 12.3. The normalized spacial score (nSPS) is 11.4. The van der Waals surface area contributed by atoms with Crippen LogP contribution in [0.1, 0.15) is 5.56 Å². The minimum Gasteiger partial charge on any atom is -0.308 e. The van der Waals surface area contributed by atoms with Crippen molar-refractivity contribution in [1.29, 1.82) is 5.26 Å². The molecule has 0 amide bonds. The Bertz CT molecular complexity index is 6040. The van der Waals surface area contributed by atoms with Crippen LogP contribution in [-0.2, 0) is 0 Å². The second kappa shape index (κ2) is 28.1. The maximum Gasteiger partial charge on any atom is 0.164 e. The zero-order valence-electron chi connectivity index (χ0n) is 59.6. The number of rotatable bonds is 15. The Kier molecular flexibility index (Phi) is 16.5. The van der Waals surface area contributed by atoms with Crippen molar-refractivity contribution in [3.63, 3.8) is 0 Å². The first-order chi connectivity index (χ1) is 55.4. The number of benzene rings is 13. The molecule has 0 radical (unpaired) electrons. The molecule has 0 aliphatic carbocycles. The SMILES string of the molecule is N#Cc1c(-n2c3cc(-c4nc(-c5ccccc5)nc(-c5ccccc5)n4)ccc3c3ccc(-c4nc(-c5ccccc5)nc(-c5ccccc5)n4)cc32)cc(-c2cccnc2)cc1-n1c2cc(-c3nc(-c4ccccc4)nc(-c4ccccc4)n3)ccc2c2ccc(-c3nc(-c4ccccc4)nc(-c4ccccc4)n3)cc21. The Labute approximate surface area is 641 Å². The molecule has 0 aliphatic heterocycles. The van der Waals surface area contributed by atoms with Gasteiger partial charge in [-0.2, -0.15) is 5.26 Å². The van der Waals surface area contributed by atoms with Gasteiger partial charge in [0.25, 0.3) is 0 Å². The molecule has 0 bridgehead atoms. The highest BCUT2D eigenvalue weighted by Gasteiger charge is 2.27. The first-order valence-electron chi connectivity index (χ1n) is 36.6. The van der Waals surface area contributed by atoms with E-state index in [0.717, 1.165) is 99.2 Å². The zero-order valence-corrected chi connectivity index (χ0v) is 59.6. The van der Waals surface area contributed by atoms with Gasteiger partial charge in [-0.1, -0.05) is 297 Å². The van der Waals surface area contributed by atoms with Crippen LogP contribution in [0, 0.1) is 11.3 Å². The summed E-state index contributed by atoms with van der Waals surface area (Å²) in [6.07, 6.45) is 3.62. The Hall–Kier alpha value is -15.9. The molecule has 20 rings (SSSR count). The van der Waals surface area contributed by atoms with Crippen LogP contribution in [0.15, 0.2) is 352 Å². The summed E-state index contributed by atoms with van der Waals surface area (Å²) in [4.78, 5) is 67.3. The van der Waals surface area contributed by atoms with Gasteiger partial charge in [-0.05, 0) is 48.0 Å². The molecule has 0 saturated carbocycles. The maximum atomic E-state index is 12.8. The molecule has 112 heavy (non-hydrogen) atoms. The lowest BCUT2D eigenvalue weighted by atomic mass is 10.0. The van der Waals surface area contributed by atoms with Crippen LogP contribution in [0.2, 0.25) is 0 Å². The fraction of sp³-hybridized carbons (Fsp3) is 0. The number of hydrogen-bond acceptors (Lipinski definition) is 14. The molecule has 522 valence electrons. The summed E-state index contributed by atoms with van der Waals surface area (Å²) in [6, 6.07) is 116. The minimum absolute atomic E-state index is 0.336. The molecule has 0 atom stereocenters. The van der Waals surface area contributed by atoms with Gasteiger partial charge in [-0.3, -0.25) is 4.98 Å². The van der Waals surface area contributed by atoms with E-state index in [-0.39, 0.29) is 0 Å². The van der Waals surface area contributed by atoms with Crippen molar-refractivity contribution in [2.24, 2.45) is 0 Å². The lowest BCUT2D eigenvalue weighted by molar-refractivity contribution is 1.07. The van der Waals surface area contributed by atoms with Crippen LogP contribution in [0.25, 0.3) is 203 Å². The lowest BCUT2D eigenvalue weighted by Gasteiger charge is -2.19. The first-order valence-corrected chi connectivity index (χ1v) is 36.6. The smallest absolute Gasteiger partial charge is 0.164 e. The van der Waals surface area contributed by atoms with E-state index in [0.29, 0.717) is 109 Å². The van der Waals surface area contributed by atoms with E-state index in [1.165, 1.54) is 0 Å². The monoisotopic (exact) mass is 1430 g/mol. The van der Waals surface area contributed by atoms with Gasteiger partial charge in [0, 0.05) is 106 Å².